The first kappa shape index (κ1) is 16.3. The van der Waals surface area contributed by atoms with Crippen molar-refractivity contribution >= 4 is 34.9 Å². The molecular weight excluding hydrogens is 318 g/mol. The summed E-state index contributed by atoms with van der Waals surface area (Å²) in [5.41, 5.74) is 6.81. The summed E-state index contributed by atoms with van der Waals surface area (Å²) in [5.74, 6) is -1.28. The molecule has 0 aliphatic heterocycles. The molecule has 0 bridgehead atoms. The molecule has 0 spiro atoms. The number of amides is 1. The number of nitriles is 1. The molecule has 0 saturated heterocycles. The molecular formula is C16H12ClN3O3. The predicted molar refractivity (Wildman–Crippen MR) is 85.9 cm³/mol. The van der Waals surface area contributed by atoms with Gasteiger partial charge in [0.25, 0.3) is 5.91 Å². The van der Waals surface area contributed by atoms with Gasteiger partial charge < -0.3 is 15.8 Å². The quantitative estimate of drug-likeness (QED) is 0.662. The van der Waals surface area contributed by atoms with Gasteiger partial charge in [0.15, 0.2) is 6.61 Å². The summed E-state index contributed by atoms with van der Waals surface area (Å²) >= 11 is 5.79. The Labute approximate surface area is 137 Å². The smallest absolute Gasteiger partial charge is 0.340 e. The molecule has 2 rings (SSSR count). The Morgan fingerprint density at radius 3 is 2.78 bits per heavy atom. The van der Waals surface area contributed by atoms with Gasteiger partial charge in [-0.25, -0.2) is 4.79 Å². The first-order valence-electron chi connectivity index (χ1n) is 6.52. The number of esters is 1. The molecule has 0 aliphatic carbocycles. The van der Waals surface area contributed by atoms with Crippen LogP contribution < -0.4 is 11.1 Å². The van der Waals surface area contributed by atoms with Crippen molar-refractivity contribution in [2.45, 2.75) is 0 Å². The van der Waals surface area contributed by atoms with Crippen LogP contribution >= 0.6 is 11.6 Å². The van der Waals surface area contributed by atoms with E-state index in [0.717, 1.165) is 0 Å². The van der Waals surface area contributed by atoms with Gasteiger partial charge in [-0.2, -0.15) is 5.26 Å². The highest BCUT2D eigenvalue weighted by Gasteiger charge is 2.14. The van der Waals surface area contributed by atoms with Gasteiger partial charge in [0.1, 0.15) is 0 Å². The summed E-state index contributed by atoms with van der Waals surface area (Å²) in [4.78, 5) is 23.7. The van der Waals surface area contributed by atoms with Gasteiger partial charge in [0.05, 0.1) is 17.2 Å². The highest BCUT2D eigenvalue weighted by Crippen LogP contribution is 2.18. The largest absolute Gasteiger partial charge is 0.452 e. The van der Waals surface area contributed by atoms with Gasteiger partial charge in [-0.15, -0.1) is 0 Å². The fraction of sp³-hybridized carbons (Fsp3) is 0.0625. The monoisotopic (exact) mass is 329 g/mol. The SMILES string of the molecule is N#Cc1cccc(NC(=O)COC(=O)c2cc(Cl)ccc2N)c1. The fourth-order valence-electron chi connectivity index (χ4n) is 1.78. The van der Waals surface area contributed by atoms with Gasteiger partial charge in [-0.1, -0.05) is 17.7 Å². The van der Waals surface area contributed by atoms with Gasteiger partial charge in [0.2, 0.25) is 0 Å². The molecule has 1 amide bonds. The summed E-state index contributed by atoms with van der Waals surface area (Å²) in [6.45, 7) is -0.485. The van der Waals surface area contributed by atoms with Crippen molar-refractivity contribution in [2.24, 2.45) is 0 Å². The Morgan fingerprint density at radius 2 is 2.04 bits per heavy atom. The maximum Gasteiger partial charge on any atom is 0.340 e. The molecule has 2 aromatic rings. The lowest BCUT2D eigenvalue weighted by molar-refractivity contribution is -0.119. The van der Waals surface area contributed by atoms with E-state index in [0.29, 0.717) is 16.3 Å². The zero-order valence-corrected chi connectivity index (χ0v) is 12.6. The van der Waals surface area contributed by atoms with Crippen LogP contribution in [0.15, 0.2) is 42.5 Å². The fourth-order valence-corrected chi connectivity index (χ4v) is 1.95. The second-order valence-corrected chi connectivity index (χ2v) is 4.98. The number of halogens is 1. The molecule has 116 valence electrons. The maximum absolute atomic E-state index is 11.9. The molecule has 7 heteroatoms. The van der Waals surface area contributed by atoms with Gasteiger partial charge >= 0.3 is 5.97 Å². The Kier molecular flexibility index (Phi) is 5.18. The average molecular weight is 330 g/mol. The van der Waals surface area contributed by atoms with Crippen LogP contribution in [-0.4, -0.2) is 18.5 Å². The zero-order valence-electron chi connectivity index (χ0n) is 11.9. The second-order valence-electron chi connectivity index (χ2n) is 4.55. The molecule has 0 saturated carbocycles. The van der Waals surface area contributed by atoms with Crippen LogP contribution in [0.2, 0.25) is 5.02 Å². The van der Waals surface area contributed by atoms with Crippen LogP contribution in [0.4, 0.5) is 11.4 Å². The van der Waals surface area contributed by atoms with Crippen molar-refractivity contribution < 1.29 is 14.3 Å². The molecule has 6 nitrogen and oxygen atoms in total. The van der Waals surface area contributed by atoms with E-state index in [1.54, 1.807) is 24.3 Å². The van der Waals surface area contributed by atoms with Crippen LogP contribution in [0.3, 0.4) is 0 Å². The summed E-state index contributed by atoms with van der Waals surface area (Å²) in [7, 11) is 0. The molecule has 0 aliphatic rings. The number of nitrogens with zero attached hydrogens (tertiary/aromatic N) is 1. The van der Waals surface area contributed by atoms with Crippen molar-refractivity contribution in [1.82, 2.24) is 0 Å². The van der Waals surface area contributed by atoms with Crippen molar-refractivity contribution in [3.8, 4) is 6.07 Å². The standard InChI is InChI=1S/C16H12ClN3O3/c17-11-4-5-14(19)13(7-11)16(22)23-9-15(21)20-12-3-1-2-10(6-12)8-18/h1-7H,9,19H2,(H,20,21). The summed E-state index contributed by atoms with van der Waals surface area (Å²) in [6.07, 6.45) is 0. The zero-order chi connectivity index (χ0) is 16.8. The molecule has 0 fully saturated rings. The van der Waals surface area contributed by atoms with E-state index in [2.05, 4.69) is 5.32 Å². The van der Waals surface area contributed by atoms with Gasteiger partial charge in [0, 0.05) is 16.4 Å². The normalized spacial score (nSPS) is 9.74. The average Bonchev–Trinajstić information content (AvgIpc) is 2.55. The molecule has 0 radical (unpaired) electrons. The number of anilines is 2. The molecule has 0 atom stereocenters. The number of nitrogens with two attached hydrogens (primary N) is 1. The topological polar surface area (TPSA) is 105 Å². The van der Waals surface area contributed by atoms with Crippen LogP contribution in [0.25, 0.3) is 0 Å². The van der Waals surface area contributed by atoms with E-state index >= 15 is 0 Å². The Balaban J connectivity index is 1.95. The number of nitrogen functional groups attached to an aromatic ring is 1. The number of hydrogen-bond donors (Lipinski definition) is 2. The second kappa shape index (κ2) is 7.29. The highest BCUT2D eigenvalue weighted by atomic mass is 35.5. The van der Waals surface area contributed by atoms with Crippen LogP contribution in [0.5, 0.6) is 0 Å². The molecule has 2 aromatic carbocycles. The van der Waals surface area contributed by atoms with E-state index in [1.165, 1.54) is 18.2 Å². The third-order valence-corrected chi connectivity index (χ3v) is 3.08. The van der Waals surface area contributed by atoms with Crippen LogP contribution in [0.1, 0.15) is 15.9 Å². The third-order valence-electron chi connectivity index (χ3n) is 2.85. The minimum atomic E-state index is -0.745. The molecule has 0 aromatic heterocycles. The van der Waals surface area contributed by atoms with E-state index in [9.17, 15) is 9.59 Å². The van der Waals surface area contributed by atoms with Crippen LogP contribution in [0, 0.1) is 11.3 Å². The number of hydrogen-bond acceptors (Lipinski definition) is 5. The number of carbonyl (C=O) groups excluding carboxylic acids is 2. The summed E-state index contributed by atoms with van der Waals surface area (Å²) in [6, 6.07) is 12.7. The number of nitrogens with one attached hydrogen (secondary N) is 1. The third kappa shape index (κ3) is 4.46. The van der Waals surface area contributed by atoms with E-state index < -0.39 is 18.5 Å². The van der Waals surface area contributed by atoms with Crippen LogP contribution in [-0.2, 0) is 9.53 Å². The van der Waals surface area contributed by atoms with E-state index in [1.807, 2.05) is 6.07 Å². The minimum absolute atomic E-state index is 0.0942. The van der Waals surface area contributed by atoms with Gasteiger partial charge in [-0.05, 0) is 36.4 Å². The Morgan fingerprint density at radius 1 is 1.26 bits per heavy atom. The first-order chi connectivity index (χ1) is 11.0. The lowest BCUT2D eigenvalue weighted by Gasteiger charge is -2.08. The molecule has 0 heterocycles. The molecule has 23 heavy (non-hydrogen) atoms. The Hall–Kier alpha value is -3.04. The van der Waals surface area contributed by atoms with Crippen molar-refractivity contribution in [3.05, 3.63) is 58.6 Å². The lowest BCUT2D eigenvalue weighted by Crippen LogP contribution is -2.21. The predicted octanol–water partition coefficient (Wildman–Crippen LogP) is 2.59. The summed E-state index contributed by atoms with van der Waals surface area (Å²) in [5, 5.41) is 11.7. The first-order valence-corrected chi connectivity index (χ1v) is 6.89. The van der Waals surface area contributed by atoms with Crippen molar-refractivity contribution in [2.75, 3.05) is 17.7 Å². The number of carbonyl (C=O) groups is 2. The number of rotatable bonds is 4. The number of ether oxygens (including phenoxy) is 1. The summed E-state index contributed by atoms with van der Waals surface area (Å²) < 4.78 is 4.90. The molecule has 0 unspecified atom stereocenters. The number of benzene rings is 2. The van der Waals surface area contributed by atoms with Gasteiger partial charge in [-0.3, -0.25) is 4.79 Å². The minimum Gasteiger partial charge on any atom is -0.452 e. The maximum atomic E-state index is 11.9. The lowest BCUT2D eigenvalue weighted by atomic mass is 10.2. The highest BCUT2D eigenvalue weighted by molar-refractivity contribution is 6.31. The Bertz CT molecular complexity index is 799. The van der Waals surface area contributed by atoms with E-state index in [4.69, 9.17) is 27.3 Å². The van der Waals surface area contributed by atoms with E-state index in [-0.39, 0.29) is 11.3 Å². The van der Waals surface area contributed by atoms with Crippen molar-refractivity contribution in [1.29, 1.82) is 5.26 Å². The van der Waals surface area contributed by atoms with Crippen molar-refractivity contribution in [3.63, 3.8) is 0 Å². The molecule has 3 N–H and O–H groups in total.